The SMILES string of the molecule is C1=NC=NC1.CCC. The van der Waals surface area contributed by atoms with E-state index in [9.17, 15) is 0 Å². The zero-order valence-corrected chi connectivity index (χ0v) is 5.46. The van der Waals surface area contributed by atoms with Crippen LogP contribution in [0, 0.1) is 0 Å². The van der Waals surface area contributed by atoms with Gasteiger partial charge in [-0.25, -0.2) is 4.99 Å². The van der Waals surface area contributed by atoms with Crippen LogP contribution in [-0.2, 0) is 0 Å². The largest absolute Gasteiger partial charge is 0.268 e. The summed E-state index contributed by atoms with van der Waals surface area (Å²) in [6.07, 6.45) is 4.57. The Balaban J connectivity index is 0.000000145. The molecule has 0 N–H and O–H groups in total. The van der Waals surface area contributed by atoms with E-state index in [1.165, 1.54) is 6.42 Å². The van der Waals surface area contributed by atoms with Crippen LogP contribution in [0.5, 0.6) is 0 Å². The molecule has 1 heterocycles. The van der Waals surface area contributed by atoms with Gasteiger partial charge in [0.25, 0.3) is 0 Å². The van der Waals surface area contributed by atoms with Crippen molar-refractivity contribution in [2.45, 2.75) is 20.3 Å². The molecule has 0 radical (unpaired) electrons. The van der Waals surface area contributed by atoms with Gasteiger partial charge < -0.3 is 0 Å². The van der Waals surface area contributed by atoms with Crippen molar-refractivity contribution < 1.29 is 0 Å². The fourth-order valence-electron chi connectivity index (χ4n) is 0.236. The summed E-state index contributed by atoms with van der Waals surface area (Å²) in [5.41, 5.74) is 0. The maximum atomic E-state index is 3.74. The summed E-state index contributed by atoms with van der Waals surface area (Å²) in [7, 11) is 0. The minimum Gasteiger partial charge on any atom is -0.268 e. The van der Waals surface area contributed by atoms with Gasteiger partial charge in [-0.05, 0) is 0 Å². The van der Waals surface area contributed by atoms with Crippen LogP contribution in [0.2, 0.25) is 0 Å². The van der Waals surface area contributed by atoms with Crippen molar-refractivity contribution in [3.63, 3.8) is 0 Å². The molecule has 0 aromatic carbocycles. The molecule has 0 atom stereocenters. The third kappa shape index (κ3) is 5.34. The smallest absolute Gasteiger partial charge is 0.109 e. The summed E-state index contributed by atoms with van der Waals surface area (Å²) in [5, 5.41) is 0. The third-order valence-corrected chi connectivity index (χ3v) is 0.441. The van der Waals surface area contributed by atoms with Crippen LogP contribution in [0.1, 0.15) is 20.3 Å². The summed E-state index contributed by atoms with van der Waals surface area (Å²) in [5.74, 6) is 0. The van der Waals surface area contributed by atoms with E-state index >= 15 is 0 Å². The molecule has 0 fully saturated rings. The van der Waals surface area contributed by atoms with Crippen LogP contribution in [0.4, 0.5) is 0 Å². The van der Waals surface area contributed by atoms with Gasteiger partial charge >= 0.3 is 0 Å². The van der Waals surface area contributed by atoms with Crippen molar-refractivity contribution in [1.29, 1.82) is 0 Å². The first kappa shape index (κ1) is 7.34. The van der Waals surface area contributed by atoms with E-state index in [0.29, 0.717) is 0 Å². The molecule has 0 bridgehead atoms. The maximum absolute atomic E-state index is 3.74. The van der Waals surface area contributed by atoms with E-state index in [-0.39, 0.29) is 0 Å². The van der Waals surface area contributed by atoms with E-state index in [1.807, 2.05) is 0 Å². The molecule has 0 saturated heterocycles. The summed E-state index contributed by atoms with van der Waals surface area (Å²) in [4.78, 5) is 7.40. The zero-order valence-electron chi connectivity index (χ0n) is 5.46. The minimum absolute atomic E-state index is 0.778. The summed E-state index contributed by atoms with van der Waals surface area (Å²) < 4.78 is 0. The number of nitrogens with zero attached hydrogens (tertiary/aromatic N) is 2. The van der Waals surface area contributed by atoms with Crippen LogP contribution < -0.4 is 0 Å². The Morgan fingerprint density at radius 1 is 1.50 bits per heavy atom. The van der Waals surface area contributed by atoms with E-state index < -0.39 is 0 Å². The molecule has 46 valence electrons. The van der Waals surface area contributed by atoms with Gasteiger partial charge in [0.15, 0.2) is 0 Å². The maximum Gasteiger partial charge on any atom is 0.109 e. The highest BCUT2D eigenvalue weighted by molar-refractivity contribution is 5.79. The number of hydrogen-bond acceptors (Lipinski definition) is 2. The van der Waals surface area contributed by atoms with Gasteiger partial charge in [0.05, 0.1) is 6.54 Å². The molecule has 0 aromatic rings. The fraction of sp³-hybridized carbons (Fsp3) is 0.667. The molecule has 2 nitrogen and oxygen atoms in total. The van der Waals surface area contributed by atoms with E-state index in [2.05, 4.69) is 23.8 Å². The normalized spacial score (nSPS) is 13.2. The van der Waals surface area contributed by atoms with Crippen molar-refractivity contribution in [2.75, 3.05) is 6.54 Å². The lowest BCUT2D eigenvalue weighted by molar-refractivity contribution is 1.09. The second-order valence-electron chi connectivity index (χ2n) is 1.52. The molecule has 0 unspecified atom stereocenters. The molecule has 1 aliphatic heterocycles. The molecule has 8 heavy (non-hydrogen) atoms. The number of aliphatic imine (C=N–C) groups is 2. The van der Waals surface area contributed by atoms with Crippen molar-refractivity contribution in [3.8, 4) is 0 Å². The van der Waals surface area contributed by atoms with Crippen LogP contribution in [0.3, 0.4) is 0 Å². The molecule has 0 saturated carbocycles. The van der Waals surface area contributed by atoms with E-state index in [4.69, 9.17) is 0 Å². The van der Waals surface area contributed by atoms with Crippen molar-refractivity contribution in [3.05, 3.63) is 0 Å². The second kappa shape index (κ2) is 6.34. The Kier molecular flexibility index (Phi) is 5.82. The molecule has 0 aromatic heterocycles. The standard InChI is InChI=1S/C3H4N2.C3H8/c1-2-5-3-4-1;1-3-2/h1,3H,2H2;3H2,1-2H3. The molecule has 0 spiro atoms. The molecular weight excluding hydrogens is 100 g/mol. The van der Waals surface area contributed by atoms with Gasteiger partial charge in [-0.3, -0.25) is 4.99 Å². The van der Waals surface area contributed by atoms with E-state index in [1.54, 1.807) is 12.6 Å². The predicted octanol–water partition coefficient (Wildman–Crippen LogP) is 1.52. The predicted molar refractivity (Wildman–Crippen MR) is 37.8 cm³/mol. The lowest BCUT2D eigenvalue weighted by Gasteiger charge is -1.56. The molecule has 0 amide bonds. The van der Waals surface area contributed by atoms with Crippen molar-refractivity contribution in [1.82, 2.24) is 0 Å². The Bertz CT molecular complexity index is 74.5. The Morgan fingerprint density at radius 2 is 2.12 bits per heavy atom. The summed E-state index contributed by atoms with van der Waals surface area (Å²) in [6.45, 7) is 5.03. The van der Waals surface area contributed by atoms with Gasteiger partial charge in [0.1, 0.15) is 6.34 Å². The third-order valence-electron chi connectivity index (χ3n) is 0.441. The number of rotatable bonds is 0. The minimum atomic E-state index is 0.778. The first-order chi connectivity index (χ1) is 3.91. The van der Waals surface area contributed by atoms with Crippen LogP contribution in [0.25, 0.3) is 0 Å². The van der Waals surface area contributed by atoms with Gasteiger partial charge in [0.2, 0.25) is 0 Å². The topological polar surface area (TPSA) is 24.7 Å². The lowest BCUT2D eigenvalue weighted by atomic mass is 10.6. The average molecular weight is 112 g/mol. The highest BCUT2D eigenvalue weighted by Gasteiger charge is 1.73. The Morgan fingerprint density at radius 3 is 2.25 bits per heavy atom. The van der Waals surface area contributed by atoms with Crippen LogP contribution >= 0.6 is 0 Å². The van der Waals surface area contributed by atoms with Crippen molar-refractivity contribution in [2.24, 2.45) is 9.98 Å². The quantitative estimate of drug-likeness (QED) is 0.454. The zero-order chi connectivity index (χ0) is 6.24. The molecule has 0 aliphatic carbocycles. The summed E-state index contributed by atoms with van der Waals surface area (Å²) in [6, 6.07) is 0. The van der Waals surface area contributed by atoms with Gasteiger partial charge in [-0.2, -0.15) is 0 Å². The number of hydrogen-bond donors (Lipinski definition) is 0. The van der Waals surface area contributed by atoms with E-state index in [0.717, 1.165) is 6.54 Å². The van der Waals surface area contributed by atoms with Gasteiger partial charge in [-0.1, -0.05) is 20.3 Å². The highest BCUT2D eigenvalue weighted by atomic mass is 14.9. The first-order valence-corrected chi connectivity index (χ1v) is 2.91. The fourth-order valence-corrected chi connectivity index (χ4v) is 0.236. The molecule has 1 aliphatic rings. The molecule has 1 rings (SSSR count). The highest BCUT2D eigenvalue weighted by Crippen LogP contribution is 1.71. The van der Waals surface area contributed by atoms with Crippen LogP contribution in [0.15, 0.2) is 9.98 Å². The Hall–Kier alpha value is -0.660. The van der Waals surface area contributed by atoms with Crippen molar-refractivity contribution >= 4 is 12.6 Å². The van der Waals surface area contributed by atoms with Gasteiger partial charge in [-0.15, -0.1) is 0 Å². The monoisotopic (exact) mass is 112 g/mol. The Labute approximate surface area is 50.4 Å². The van der Waals surface area contributed by atoms with Gasteiger partial charge in [0, 0.05) is 6.21 Å². The summed E-state index contributed by atoms with van der Waals surface area (Å²) >= 11 is 0. The molecular formula is C6H12N2. The first-order valence-electron chi connectivity index (χ1n) is 2.91. The average Bonchev–Trinajstić information content (AvgIpc) is 2.17. The second-order valence-corrected chi connectivity index (χ2v) is 1.52. The lowest BCUT2D eigenvalue weighted by Crippen LogP contribution is -1.65. The molecule has 2 heteroatoms. The van der Waals surface area contributed by atoms with Crippen LogP contribution in [-0.4, -0.2) is 19.1 Å².